The third kappa shape index (κ3) is 3.56. The maximum atomic E-state index is 6.37. The van der Waals surface area contributed by atoms with Gasteiger partial charge in [-0.05, 0) is 48.6 Å². The van der Waals surface area contributed by atoms with Crippen molar-refractivity contribution in [1.29, 1.82) is 0 Å². The summed E-state index contributed by atoms with van der Waals surface area (Å²) in [5.74, 6) is 0.875. The molecule has 0 spiro atoms. The van der Waals surface area contributed by atoms with Gasteiger partial charge in [0.05, 0.1) is 0 Å². The van der Waals surface area contributed by atoms with Gasteiger partial charge in [-0.1, -0.05) is 48.0 Å². The molecule has 0 saturated heterocycles. The highest BCUT2D eigenvalue weighted by molar-refractivity contribution is 6.32. The lowest BCUT2D eigenvalue weighted by Crippen LogP contribution is -2.33. The summed E-state index contributed by atoms with van der Waals surface area (Å²) < 4.78 is 0. The van der Waals surface area contributed by atoms with Crippen LogP contribution in [0.3, 0.4) is 0 Å². The van der Waals surface area contributed by atoms with Gasteiger partial charge in [-0.25, -0.2) is 0 Å². The number of benzene rings is 2. The lowest BCUT2D eigenvalue weighted by atomic mass is 9.78. The molecule has 112 valence electrons. The molecule has 21 heavy (non-hydrogen) atoms. The van der Waals surface area contributed by atoms with Crippen molar-refractivity contribution in [2.24, 2.45) is 0 Å². The van der Waals surface area contributed by atoms with Gasteiger partial charge in [-0.3, -0.25) is 0 Å². The molecule has 0 aliphatic heterocycles. The second kappa shape index (κ2) is 7.05. The smallest absolute Gasteiger partial charge is 0.0444 e. The van der Waals surface area contributed by atoms with Gasteiger partial charge in [0.25, 0.3) is 0 Å². The fraction of sp³-hybridized carbons (Fsp3) is 0.333. The van der Waals surface area contributed by atoms with E-state index in [0.29, 0.717) is 11.8 Å². The summed E-state index contributed by atoms with van der Waals surface area (Å²) in [5.41, 5.74) is 4.49. The molecule has 0 bridgehead atoms. The minimum Gasteiger partial charge on any atom is -0.126 e. The normalized spacial score (nSPS) is 11.7. The molecule has 0 heterocycles. The number of hydrogen-bond donors (Lipinski definition) is 0. The van der Waals surface area contributed by atoms with Crippen LogP contribution < -0.4 is 0 Å². The second-order valence-corrected chi connectivity index (χ2v) is 6.56. The van der Waals surface area contributed by atoms with Gasteiger partial charge in [0.2, 0.25) is 0 Å². The van der Waals surface area contributed by atoms with E-state index in [1.54, 1.807) is 0 Å². The predicted octanol–water partition coefficient (Wildman–Crippen LogP) is 5.91. The summed E-state index contributed by atoms with van der Waals surface area (Å²) in [6, 6.07) is 14.3. The lowest BCUT2D eigenvalue weighted by molar-refractivity contribution is 0.536. The van der Waals surface area contributed by atoms with E-state index in [1.165, 1.54) is 16.7 Å². The topological polar surface area (TPSA) is 0 Å². The molecule has 0 saturated carbocycles. The molecule has 3 heteroatoms. The Morgan fingerprint density at radius 2 is 1.57 bits per heavy atom. The first-order valence-electron chi connectivity index (χ1n) is 6.95. The average Bonchev–Trinajstić information content (AvgIpc) is 2.49. The fourth-order valence-electron chi connectivity index (χ4n) is 2.56. The standard InChI is InChI=1S/C18H19Cl3/c1-13-7-8-15(9-14(13)2)10-18(11-19,12-20)16-5-3-4-6-17(16)21/h3-9H,10-12H2,1-2H3. The highest BCUT2D eigenvalue weighted by Crippen LogP contribution is 2.36. The maximum absolute atomic E-state index is 6.37. The van der Waals surface area contributed by atoms with Crippen LogP contribution in [0, 0.1) is 13.8 Å². The van der Waals surface area contributed by atoms with Gasteiger partial charge in [-0.2, -0.15) is 0 Å². The first-order valence-corrected chi connectivity index (χ1v) is 8.40. The van der Waals surface area contributed by atoms with Crippen LogP contribution in [0.15, 0.2) is 42.5 Å². The van der Waals surface area contributed by atoms with E-state index >= 15 is 0 Å². The third-order valence-electron chi connectivity index (χ3n) is 4.07. The Kier molecular flexibility index (Phi) is 5.60. The Labute approximate surface area is 142 Å². The van der Waals surface area contributed by atoms with Crippen molar-refractivity contribution in [2.75, 3.05) is 11.8 Å². The van der Waals surface area contributed by atoms with Gasteiger partial charge in [-0.15, -0.1) is 23.2 Å². The summed E-state index contributed by atoms with van der Waals surface area (Å²) in [6.07, 6.45) is 0.783. The van der Waals surface area contributed by atoms with Crippen LogP contribution in [-0.4, -0.2) is 11.8 Å². The molecule has 0 N–H and O–H groups in total. The highest BCUT2D eigenvalue weighted by atomic mass is 35.5. The van der Waals surface area contributed by atoms with Gasteiger partial charge in [0, 0.05) is 22.2 Å². The van der Waals surface area contributed by atoms with Crippen LogP contribution in [-0.2, 0) is 11.8 Å². The van der Waals surface area contributed by atoms with Crippen molar-refractivity contribution in [2.45, 2.75) is 25.7 Å². The fourth-order valence-corrected chi connectivity index (χ4v) is 3.66. The van der Waals surface area contributed by atoms with Gasteiger partial charge in [0.1, 0.15) is 0 Å². The van der Waals surface area contributed by atoms with Crippen molar-refractivity contribution < 1.29 is 0 Å². The number of rotatable bonds is 5. The molecular weight excluding hydrogens is 323 g/mol. The SMILES string of the molecule is Cc1ccc(CC(CCl)(CCl)c2ccccc2Cl)cc1C. The molecule has 2 aromatic rings. The van der Waals surface area contributed by atoms with Gasteiger partial charge < -0.3 is 0 Å². The van der Waals surface area contributed by atoms with Crippen LogP contribution in [0.4, 0.5) is 0 Å². The largest absolute Gasteiger partial charge is 0.126 e. The molecule has 0 amide bonds. The molecule has 0 radical (unpaired) electrons. The summed E-state index contributed by atoms with van der Waals surface area (Å²) >= 11 is 19.0. The van der Waals surface area contributed by atoms with Crippen molar-refractivity contribution in [1.82, 2.24) is 0 Å². The van der Waals surface area contributed by atoms with Crippen molar-refractivity contribution in [3.8, 4) is 0 Å². The van der Waals surface area contributed by atoms with Crippen LogP contribution in [0.5, 0.6) is 0 Å². The molecule has 0 atom stereocenters. The summed E-state index contributed by atoms with van der Waals surface area (Å²) in [5, 5.41) is 0.725. The number of hydrogen-bond acceptors (Lipinski definition) is 0. The summed E-state index contributed by atoms with van der Waals surface area (Å²) in [4.78, 5) is 0. The van der Waals surface area contributed by atoms with Crippen molar-refractivity contribution in [3.63, 3.8) is 0 Å². The van der Waals surface area contributed by atoms with Crippen LogP contribution in [0.25, 0.3) is 0 Å². The Bertz CT molecular complexity index is 616. The van der Waals surface area contributed by atoms with Crippen molar-refractivity contribution in [3.05, 3.63) is 69.7 Å². The molecule has 2 aromatic carbocycles. The van der Waals surface area contributed by atoms with E-state index in [4.69, 9.17) is 34.8 Å². The Balaban J connectivity index is 2.43. The summed E-state index contributed by atoms with van der Waals surface area (Å²) in [6.45, 7) is 4.24. The molecule has 0 nitrogen and oxygen atoms in total. The first kappa shape index (κ1) is 16.7. The molecule has 0 fully saturated rings. The van der Waals surface area contributed by atoms with E-state index in [1.807, 2.05) is 24.3 Å². The molecule has 2 rings (SSSR count). The highest BCUT2D eigenvalue weighted by Gasteiger charge is 2.32. The molecule has 0 unspecified atom stereocenters. The number of halogens is 3. The van der Waals surface area contributed by atoms with E-state index in [2.05, 4.69) is 32.0 Å². The van der Waals surface area contributed by atoms with Crippen molar-refractivity contribution >= 4 is 34.8 Å². The van der Waals surface area contributed by atoms with Crippen LogP contribution in [0.2, 0.25) is 5.02 Å². The zero-order chi connectivity index (χ0) is 15.5. The Morgan fingerprint density at radius 3 is 2.14 bits per heavy atom. The third-order valence-corrected chi connectivity index (χ3v) is 5.42. The van der Waals surface area contributed by atoms with E-state index in [-0.39, 0.29) is 5.41 Å². The minimum absolute atomic E-state index is 0.344. The second-order valence-electron chi connectivity index (χ2n) is 5.62. The number of aryl methyl sites for hydroxylation is 2. The molecule has 0 aromatic heterocycles. The van der Waals surface area contributed by atoms with Crippen LogP contribution >= 0.6 is 34.8 Å². The molecular formula is C18H19Cl3. The van der Waals surface area contributed by atoms with E-state index in [0.717, 1.165) is 17.0 Å². The predicted molar refractivity (Wildman–Crippen MR) is 94.2 cm³/mol. The monoisotopic (exact) mass is 340 g/mol. The molecule has 0 aliphatic carbocycles. The minimum atomic E-state index is -0.344. The average molecular weight is 342 g/mol. The molecule has 0 aliphatic rings. The maximum Gasteiger partial charge on any atom is 0.0444 e. The van der Waals surface area contributed by atoms with Gasteiger partial charge >= 0.3 is 0 Å². The van der Waals surface area contributed by atoms with Gasteiger partial charge in [0.15, 0.2) is 0 Å². The zero-order valence-corrected chi connectivity index (χ0v) is 14.6. The van der Waals surface area contributed by atoms with E-state index in [9.17, 15) is 0 Å². The Hall–Kier alpha value is -0.690. The van der Waals surface area contributed by atoms with Crippen LogP contribution in [0.1, 0.15) is 22.3 Å². The Morgan fingerprint density at radius 1 is 0.905 bits per heavy atom. The first-order chi connectivity index (χ1) is 10.0. The number of alkyl halides is 2. The van der Waals surface area contributed by atoms with E-state index < -0.39 is 0 Å². The quantitative estimate of drug-likeness (QED) is 0.593. The lowest BCUT2D eigenvalue weighted by Gasteiger charge is -2.31. The summed E-state index contributed by atoms with van der Waals surface area (Å²) in [7, 11) is 0. The zero-order valence-electron chi connectivity index (χ0n) is 12.3.